The Morgan fingerprint density at radius 1 is 1.44 bits per heavy atom. The lowest BCUT2D eigenvalue weighted by Crippen LogP contribution is -2.07. The predicted molar refractivity (Wildman–Crippen MR) is 72.4 cm³/mol. The molecule has 0 amide bonds. The van der Waals surface area contributed by atoms with Crippen LogP contribution in [0.15, 0.2) is 27.6 Å². The van der Waals surface area contributed by atoms with Crippen molar-refractivity contribution < 1.29 is 17.9 Å². The van der Waals surface area contributed by atoms with Crippen LogP contribution in [0.3, 0.4) is 0 Å². The number of benzene rings is 1. The van der Waals surface area contributed by atoms with Gasteiger partial charge in [-0.2, -0.15) is 0 Å². The molecular weight excluding hydrogens is 344 g/mol. The summed E-state index contributed by atoms with van der Waals surface area (Å²) in [4.78, 5) is 11.5. The van der Waals surface area contributed by atoms with E-state index in [1.54, 1.807) is 0 Å². The smallest absolute Gasteiger partial charge is 0.338 e. The summed E-state index contributed by atoms with van der Waals surface area (Å²) in [6, 6.07) is 4.12. The standard InChI is InChI=1S/C11H12BrClO4S/c1-2-3-6-17-11(14)8-4-5-9(12)10(7-8)18(13,15)16/h4-5,7H,2-3,6H2,1H3. The number of halogens is 2. The Labute approximate surface area is 119 Å². The Morgan fingerprint density at radius 2 is 2.11 bits per heavy atom. The second kappa shape index (κ2) is 6.54. The predicted octanol–water partition coefficient (Wildman–Crippen LogP) is 3.33. The second-order valence-electron chi connectivity index (χ2n) is 3.57. The molecule has 0 atom stereocenters. The van der Waals surface area contributed by atoms with Gasteiger partial charge in [-0.15, -0.1) is 0 Å². The summed E-state index contributed by atoms with van der Waals surface area (Å²) in [6.45, 7) is 2.29. The van der Waals surface area contributed by atoms with Gasteiger partial charge in [0.15, 0.2) is 0 Å². The zero-order valence-electron chi connectivity index (χ0n) is 9.65. The van der Waals surface area contributed by atoms with Gasteiger partial charge >= 0.3 is 5.97 Å². The Hall–Kier alpha value is -0.590. The third-order valence-corrected chi connectivity index (χ3v) is 4.48. The fourth-order valence-electron chi connectivity index (χ4n) is 1.21. The molecule has 0 radical (unpaired) electrons. The van der Waals surface area contributed by atoms with Crippen molar-refractivity contribution in [1.29, 1.82) is 0 Å². The minimum Gasteiger partial charge on any atom is -0.462 e. The summed E-state index contributed by atoms with van der Waals surface area (Å²) >= 11 is 3.06. The zero-order chi connectivity index (χ0) is 13.8. The molecule has 0 heterocycles. The Kier molecular flexibility index (Phi) is 5.62. The van der Waals surface area contributed by atoms with Gasteiger partial charge in [-0.05, 0) is 40.5 Å². The van der Waals surface area contributed by atoms with Crippen LogP contribution in [-0.4, -0.2) is 21.0 Å². The van der Waals surface area contributed by atoms with Crippen molar-refractivity contribution in [2.75, 3.05) is 6.61 Å². The number of ether oxygens (including phenoxy) is 1. The maximum absolute atomic E-state index is 11.6. The van der Waals surface area contributed by atoms with Crippen molar-refractivity contribution in [2.45, 2.75) is 24.7 Å². The molecule has 0 saturated heterocycles. The lowest BCUT2D eigenvalue weighted by molar-refractivity contribution is 0.0499. The summed E-state index contributed by atoms with van der Waals surface area (Å²) in [7, 11) is 1.36. The molecule has 4 nitrogen and oxygen atoms in total. The minimum atomic E-state index is -3.90. The van der Waals surface area contributed by atoms with Crippen molar-refractivity contribution in [3.8, 4) is 0 Å². The maximum Gasteiger partial charge on any atom is 0.338 e. The first-order valence-electron chi connectivity index (χ1n) is 5.27. The van der Waals surface area contributed by atoms with E-state index in [4.69, 9.17) is 15.4 Å². The van der Waals surface area contributed by atoms with Crippen LogP contribution in [0, 0.1) is 0 Å². The average Bonchev–Trinajstić information content (AvgIpc) is 2.28. The van der Waals surface area contributed by atoms with E-state index in [2.05, 4.69) is 15.9 Å². The van der Waals surface area contributed by atoms with E-state index in [9.17, 15) is 13.2 Å². The maximum atomic E-state index is 11.6. The van der Waals surface area contributed by atoms with Crippen LogP contribution in [-0.2, 0) is 13.8 Å². The van der Waals surface area contributed by atoms with Crippen molar-refractivity contribution in [1.82, 2.24) is 0 Å². The van der Waals surface area contributed by atoms with Crippen LogP contribution in [0.5, 0.6) is 0 Å². The van der Waals surface area contributed by atoms with Gasteiger partial charge in [0.2, 0.25) is 0 Å². The first kappa shape index (κ1) is 15.5. The number of rotatable bonds is 5. The fourth-order valence-corrected chi connectivity index (χ4v) is 3.33. The van der Waals surface area contributed by atoms with Gasteiger partial charge in [0.05, 0.1) is 17.1 Å². The first-order valence-corrected chi connectivity index (χ1v) is 8.38. The molecule has 1 rings (SSSR count). The molecule has 1 aromatic carbocycles. The molecule has 0 N–H and O–H groups in total. The van der Waals surface area contributed by atoms with Gasteiger partial charge in [0.25, 0.3) is 9.05 Å². The third-order valence-electron chi connectivity index (χ3n) is 2.16. The summed E-state index contributed by atoms with van der Waals surface area (Å²) < 4.78 is 27.8. The van der Waals surface area contributed by atoms with Gasteiger partial charge in [0.1, 0.15) is 0 Å². The van der Waals surface area contributed by atoms with E-state index in [1.807, 2.05) is 6.92 Å². The Balaban J connectivity index is 2.95. The fraction of sp³-hybridized carbons (Fsp3) is 0.364. The highest BCUT2D eigenvalue weighted by Crippen LogP contribution is 2.26. The van der Waals surface area contributed by atoms with E-state index >= 15 is 0 Å². The highest BCUT2D eigenvalue weighted by Gasteiger charge is 2.17. The quantitative estimate of drug-likeness (QED) is 0.462. The molecule has 0 aliphatic heterocycles. The summed E-state index contributed by atoms with van der Waals surface area (Å²) in [6.07, 6.45) is 1.68. The lowest BCUT2D eigenvalue weighted by Gasteiger charge is -2.06. The monoisotopic (exact) mass is 354 g/mol. The van der Waals surface area contributed by atoms with E-state index in [-0.39, 0.29) is 10.5 Å². The molecule has 0 fully saturated rings. The molecule has 0 unspecified atom stereocenters. The zero-order valence-corrected chi connectivity index (χ0v) is 12.8. The SMILES string of the molecule is CCCCOC(=O)c1ccc(Br)c(S(=O)(=O)Cl)c1. The van der Waals surface area contributed by atoms with Crippen molar-refractivity contribution in [2.24, 2.45) is 0 Å². The van der Waals surface area contributed by atoms with Gasteiger partial charge in [-0.1, -0.05) is 13.3 Å². The number of unbranched alkanes of at least 4 members (excludes halogenated alkanes) is 1. The van der Waals surface area contributed by atoms with Gasteiger partial charge in [0, 0.05) is 15.2 Å². The van der Waals surface area contributed by atoms with Crippen LogP contribution >= 0.6 is 26.6 Å². The highest BCUT2D eigenvalue weighted by atomic mass is 79.9. The average molecular weight is 356 g/mol. The normalized spacial score (nSPS) is 11.3. The molecule has 0 spiro atoms. The number of esters is 1. The Bertz CT molecular complexity index is 542. The van der Waals surface area contributed by atoms with Crippen LogP contribution < -0.4 is 0 Å². The first-order chi connectivity index (χ1) is 8.36. The third kappa shape index (κ3) is 4.26. The molecule has 7 heteroatoms. The molecule has 18 heavy (non-hydrogen) atoms. The van der Waals surface area contributed by atoms with E-state index < -0.39 is 15.0 Å². The molecule has 100 valence electrons. The molecule has 0 saturated carbocycles. The highest BCUT2D eigenvalue weighted by molar-refractivity contribution is 9.10. The molecule has 1 aromatic rings. The Morgan fingerprint density at radius 3 is 2.67 bits per heavy atom. The van der Waals surface area contributed by atoms with Crippen LogP contribution in [0.4, 0.5) is 0 Å². The number of hydrogen-bond acceptors (Lipinski definition) is 4. The summed E-state index contributed by atoms with van der Waals surface area (Å²) in [5.41, 5.74) is 0.161. The largest absolute Gasteiger partial charge is 0.462 e. The second-order valence-corrected chi connectivity index (χ2v) is 6.96. The molecule has 0 aliphatic carbocycles. The van der Waals surface area contributed by atoms with E-state index in [0.717, 1.165) is 12.8 Å². The van der Waals surface area contributed by atoms with Crippen LogP contribution in [0.1, 0.15) is 30.1 Å². The minimum absolute atomic E-state index is 0.144. The topological polar surface area (TPSA) is 60.4 Å². The van der Waals surface area contributed by atoms with Crippen molar-refractivity contribution >= 4 is 41.6 Å². The van der Waals surface area contributed by atoms with Crippen molar-refractivity contribution in [3.05, 3.63) is 28.2 Å². The molecule has 0 bridgehead atoms. The molecule has 0 aromatic heterocycles. The summed E-state index contributed by atoms with van der Waals surface area (Å²) in [5, 5.41) is 0. The molecule has 0 aliphatic rings. The van der Waals surface area contributed by atoms with Gasteiger partial charge in [-0.3, -0.25) is 0 Å². The van der Waals surface area contributed by atoms with E-state index in [0.29, 0.717) is 11.1 Å². The lowest BCUT2D eigenvalue weighted by atomic mass is 10.2. The van der Waals surface area contributed by atoms with Gasteiger partial charge in [-0.25, -0.2) is 13.2 Å². The van der Waals surface area contributed by atoms with E-state index in [1.165, 1.54) is 18.2 Å². The summed E-state index contributed by atoms with van der Waals surface area (Å²) in [5.74, 6) is -0.558. The number of carbonyl (C=O) groups excluding carboxylic acids is 1. The number of hydrogen-bond donors (Lipinski definition) is 0. The van der Waals surface area contributed by atoms with Crippen molar-refractivity contribution in [3.63, 3.8) is 0 Å². The van der Waals surface area contributed by atoms with Crippen LogP contribution in [0.2, 0.25) is 0 Å². The van der Waals surface area contributed by atoms with Crippen LogP contribution in [0.25, 0.3) is 0 Å². The van der Waals surface area contributed by atoms with Gasteiger partial charge < -0.3 is 4.74 Å². The number of carbonyl (C=O) groups is 1. The molecular formula is C11H12BrClO4S.